The maximum atomic E-state index is 12.7. The maximum Gasteiger partial charge on any atom is 0.241 e. The standard InChI is InChI=1S/C15H30N2O2S/c1-6-8-13-16-14(11(3)7-2)15(18)17(13)12(4)9-10-20(5)19/h11-14,16H,6-10H2,1-5H3. The summed E-state index contributed by atoms with van der Waals surface area (Å²) in [6.45, 7) is 8.48. The summed E-state index contributed by atoms with van der Waals surface area (Å²) < 4.78 is 11.3. The number of nitrogens with zero attached hydrogens (tertiary/aromatic N) is 1. The molecular weight excluding hydrogens is 272 g/mol. The van der Waals surface area contributed by atoms with E-state index in [2.05, 4.69) is 33.0 Å². The summed E-state index contributed by atoms with van der Waals surface area (Å²) >= 11 is 0. The van der Waals surface area contributed by atoms with Crippen LogP contribution in [0.25, 0.3) is 0 Å². The average molecular weight is 302 g/mol. The molecule has 0 aliphatic carbocycles. The van der Waals surface area contributed by atoms with Crippen LogP contribution in [0.4, 0.5) is 0 Å². The van der Waals surface area contributed by atoms with Crippen LogP contribution in [-0.4, -0.2) is 45.3 Å². The van der Waals surface area contributed by atoms with Crippen molar-refractivity contribution in [2.75, 3.05) is 12.0 Å². The molecule has 1 aliphatic rings. The Hall–Kier alpha value is -0.420. The lowest BCUT2D eigenvalue weighted by Crippen LogP contribution is -2.43. The summed E-state index contributed by atoms with van der Waals surface area (Å²) in [6.07, 6.45) is 5.72. The molecule has 5 atom stereocenters. The molecule has 5 heteroatoms. The molecule has 4 nitrogen and oxygen atoms in total. The van der Waals surface area contributed by atoms with E-state index in [0.29, 0.717) is 11.7 Å². The minimum Gasteiger partial charge on any atom is -0.323 e. The van der Waals surface area contributed by atoms with Crippen molar-refractivity contribution in [2.24, 2.45) is 5.92 Å². The van der Waals surface area contributed by atoms with Crippen LogP contribution >= 0.6 is 0 Å². The number of carbonyl (C=O) groups excluding carboxylic acids is 1. The van der Waals surface area contributed by atoms with Crippen molar-refractivity contribution in [2.45, 2.75) is 71.6 Å². The summed E-state index contributed by atoms with van der Waals surface area (Å²) in [5.74, 6) is 1.25. The minimum atomic E-state index is -0.790. The summed E-state index contributed by atoms with van der Waals surface area (Å²) in [6, 6.07) is 0.107. The molecular formula is C15H30N2O2S. The molecule has 0 radical (unpaired) electrons. The highest BCUT2D eigenvalue weighted by Crippen LogP contribution is 2.24. The largest absolute Gasteiger partial charge is 0.323 e. The second kappa shape index (κ2) is 8.13. The fourth-order valence-corrected chi connectivity index (χ4v) is 3.49. The Labute approximate surface area is 126 Å². The first-order valence-corrected chi connectivity index (χ1v) is 9.53. The third-order valence-electron chi connectivity index (χ3n) is 4.30. The monoisotopic (exact) mass is 302 g/mol. The molecule has 0 spiro atoms. The quantitative estimate of drug-likeness (QED) is 0.747. The third-order valence-corrected chi connectivity index (χ3v) is 5.11. The van der Waals surface area contributed by atoms with Gasteiger partial charge in [0, 0.05) is 28.9 Å². The van der Waals surface area contributed by atoms with Crippen molar-refractivity contribution < 1.29 is 9.00 Å². The van der Waals surface area contributed by atoms with Gasteiger partial charge in [-0.1, -0.05) is 33.6 Å². The Bertz CT molecular complexity index is 349. The number of hydrogen-bond donors (Lipinski definition) is 1. The SMILES string of the molecule is CCCC1NC(C(C)CC)C(=O)N1C(C)CCS(C)=O. The van der Waals surface area contributed by atoms with Crippen LogP contribution in [0.3, 0.4) is 0 Å². The number of rotatable bonds is 8. The van der Waals surface area contributed by atoms with Gasteiger partial charge in [0.05, 0.1) is 12.2 Å². The van der Waals surface area contributed by atoms with E-state index in [0.717, 1.165) is 25.7 Å². The van der Waals surface area contributed by atoms with Crippen LogP contribution < -0.4 is 5.32 Å². The Balaban J connectivity index is 2.78. The summed E-state index contributed by atoms with van der Waals surface area (Å²) in [4.78, 5) is 14.7. The smallest absolute Gasteiger partial charge is 0.241 e. The Morgan fingerprint density at radius 2 is 2.00 bits per heavy atom. The van der Waals surface area contributed by atoms with Gasteiger partial charge in [-0.3, -0.25) is 14.3 Å². The summed E-state index contributed by atoms with van der Waals surface area (Å²) in [5.41, 5.74) is 0. The molecule has 0 aromatic carbocycles. The van der Waals surface area contributed by atoms with Gasteiger partial charge in [-0.2, -0.15) is 0 Å². The van der Waals surface area contributed by atoms with Gasteiger partial charge in [0.15, 0.2) is 0 Å². The van der Waals surface area contributed by atoms with E-state index < -0.39 is 10.8 Å². The fourth-order valence-electron chi connectivity index (χ4n) is 2.81. The average Bonchev–Trinajstić information content (AvgIpc) is 2.72. The van der Waals surface area contributed by atoms with Gasteiger partial charge >= 0.3 is 0 Å². The van der Waals surface area contributed by atoms with Crippen molar-refractivity contribution in [3.8, 4) is 0 Å². The predicted molar refractivity (Wildman–Crippen MR) is 84.9 cm³/mol. The number of hydrogen-bond acceptors (Lipinski definition) is 3. The highest BCUT2D eigenvalue weighted by molar-refractivity contribution is 7.84. The van der Waals surface area contributed by atoms with Gasteiger partial charge in [0.25, 0.3) is 0 Å². The summed E-state index contributed by atoms with van der Waals surface area (Å²) in [7, 11) is -0.790. The lowest BCUT2D eigenvalue weighted by atomic mass is 9.99. The Morgan fingerprint density at radius 3 is 2.50 bits per heavy atom. The van der Waals surface area contributed by atoms with Crippen molar-refractivity contribution in [3.63, 3.8) is 0 Å². The third kappa shape index (κ3) is 4.29. The zero-order valence-electron chi connectivity index (χ0n) is 13.5. The molecule has 118 valence electrons. The zero-order chi connectivity index (χ0) is 15.3. The van der Waals surface area contributed by atoms with Crippen LogP contribution in [-0.2, 0) is 15.6 Å². The van der Waals surface area contributed by atoms with E-state index in [1.807, 2.05) is 4.90 Å². The van der Waals surface area contributed by atoms with Gasteiger partial charge in [0.1, 0.15) is 0 Å². The first-order chi connectivity index (χ1) is 9.42. The second-order valence-electron chi connectivity index (χ2n) is 5.99. The molecule has 0 saturated carbocycles. The van der Waals surface area contributed by atoms with Crippen LogP contribution in [0.1, 0.15) is 53.4 Å². The van der Waals surface area contributed by atoms with Crippen LogP contribution in [0.2, 0.25) is 0 Å². The van der Waals surface area contributed by atoms with E-state index in [-0.39, 0.29) is 24.2 Å². The van der Waals surface area contributed by atoms with E-state index in [1.165, 1.54) is 0 Å². The van der Waals surface area contributed by atoms with Gasteiger partial charge in [-0.15, -0.1) is 0 Å². The van der Waals surface area contributed by atoms with Crippen molar-refractivity contribution in [1.82, 2.24) is 10.2 Å². The molecule has 1 heterocycles. The molecule has 20 heavy (non-hydrogen) atoms. The van der Waals surface area contributed by atoms with Gasteiger partial charge in [0.2, 0.25) is 5.91 Å². The molecule has 1 N–H and O–H groups in total. The molecule has 1 fully saturated rings. The number of nitrogens with one attached hydrogen (secondary N) is 1. The highest BCUT2D eigenvalue weighted by Gasteiger charge is 2.42. The molecule has 1 aliphatic heterocycles. The molecule has 1 amide bonds. The number of carbonyl (C=O) groups is 1. The van der Waals surface area contributed by atoms with E-state index >= 15 is 0 Å². The first-order valence-electron chi connectivity index (χ1n) is 7.80. The minimum absolute atomic E-state index is 0.0499. The topological polar surface area (TPSA) is 49.4 Å². The van der Waals surface area contributed by atoms with Crippen LogP contribution in [0.15, 0.2) is 0 Å². The van der Waals surface area contributed by atoms with Crippen LogP contribution in [0.5, 0.6) is 0 Å². The Morgan fingerprint density at radius 1 is 1.35 bits per heavy atom. The van der Waals surface area contributed by atoms with Gasteiger partial charge < -0.3 is 4.90 Å². The highest BCUT2D eigenvalue weighted by atomic mass is 32.2. The normalized spacial score (nSPS) is 27.6. The van der Waals surface area contributed by atoms with Crippen LogP contribution in [0, 0.1) is 5.92 Å². The Kier molecular flexibility index (Phi) is 7.17. The molecule has 0 bridgehead atoms. The van der Waals surface area contributed by atoms with Crippen molar-refractivity contribution in [3.05, 3.63) is 0 Å². The summed E-state index contributed by atoms with van der Waals surface area (Å²) in [5, 5.41) is 3.51. The van der Waals surface area contributed by atoms with E-state index in [1.54, 1.807) is 6.26 Å². The number of amides is 1. The zero-order valence-corrected chi connectivity index (χ0v) is 14.3. The molecule has 0 aromatic heterocycles. The molecule has 1 rings (SSSR count). The molecule has 0 aromatic rings. The second-order valence-corrected chi connectivity index (χ2v) is 7.55. The van der Waals surface area contributed by atoms with Gasteiger partial charge in [-0.25, -0.2) is 0 Å². The predicted octanol–water partition coefficient (Wildman–Crippen LogP) is 2.12. The maximum absolute atomic E-state index is 12.7. The first kappa shape index (κ1) is 17.6. The van der Waals surface area contributed by atoms with E-state index in [9.17, 15) is 9.00 Å². The lowest BCUT2D eigenvalue weighted by Gasteiger charge is -2.30. The van der Waals surface area contributed by atoms with Crippen molar-refractivity contribution >= 4 is 16.7 Å². The molecule has 5 unspecified atom stereocenters. The van der Waals surface area contributed by atoms with Gasteiger partial charge in [-0.05, 0) is 25.7 Å². The fraction of sp³-hybridized carbons (Fsp3) is 0.933. The lowest BCUT2D eigenvalue weighted by molar-refractivity contribution is -0.132. The van der Waals surface area contributed by atoms with Crippen molar-refractivity contribution in [1.29, 1.82) is 0 Å². The van der Waals surface area contributed by atoms with E-state index in [4.69, 9.17) is 0 Å². The molecule has 1 saturated heterocycles.